The van der Waals surface area contributed by atoms with Gasteiger partial charge < -0.3 is 5.11 Å². The lowest BCUT2D eigenvalue weighted by Crippen LogP contribution is -2.52. The molecule has 0 spiro atoms. The van der Waals surface area contributed by atoms with E-state index in [0.29, 0.717) is 11.7 Å². The van der Waals surface area contributed by atoms with E-state index in [-0.39, 0.29) is 12.4 Å². The molecule has 1 atom stereocenters. The minimum atomic E-state index is -0.278. The molecule has 0 amide bonds. The summed E-state index contributed by atoms with van der Waals surface area (Å²) < 4.78 is 15.6. The fraction of sp³-hybridized carbons (Fsp3) is 0.348. The Morgan fingerprint density at radius 2 is 1.76 bits per heavy atom. The van der Waals surface area contributed by atoms with E-state index in [9.17, 15) is 9.50 Å². The molecule has 1 aliphatic rings. The lowest BCUT2D eigenvalue weighted by atomic mass is 10.1. The Morgan fingerprint density at radius 3 is 2.55 bits per heavy atom. The van der Waals surface area contributed by atoms with Crippen LogP contribution in [-0.2, 0) is 13.1 Å². The minimum Gasteiger partial charge on any atom is -0.396 e. The van der Waals surface area contributed by atoms with E-state index in [1.54, 1.807) is 16.8 Å². The molecule has 1 fully saturated rings. The fourth-order valence-corrected chi connectivity index (χ4v) is 4.02. The van der Waals surface area contributed by atoms with Gasteiger partial charge in [0.1, 0.15) is 11.5 Å². The largest absolute Gasteiger partial charge is 0.396 e. The van der Waals surface area contributed by atoms with Crippen LogP contribution >= 0.6 is 0 Å². The topological polar surface area (TPSA) is 44.5 Å². The lowest BCUT2D eigenvalue weighted by molar-refractivity contribution is 0.0500. The summed E-state index contributed by atoms with van der Waals surface area (Å²) in [4.78, 5) is 4.86. The van der Waals surface area contributed by atoms with Crippen molar-refractivity contribution in [1.29, 1.82) is 0 Å². The number of halogens is 1. The summed E-state index contributed by atoms with van der Waals surface area (Å²) in [6.07, 6.45) is 4.47. The Bertz CT molecular complexity index is 914. The van der Waals surface area contributed by atoms with Crippen molar-refractivity contribution in [3.63, 3.8) is 0 Å². The van der Waals surface area contributed by atoms with Crippen LogP contribution in [0.25, 0.3) is 5.69 Å². The molecule has 29 heavy (non-hydrogen) atoms. The molecule has 0 aliphatic carbocycles. The summed E-state index contributed by atoms with van der Waals surface area (Å²) in [5.41, 5.74) is 2.83. The second-order valence-electron chi connectivity index (χ2n) is 7.60. The Labute approximate surface area is 171 Å². The highest BCUT2D eigenvalue weighted by Gasteiger charge is 2.26. The predicted octanol–water partition coefficient (Wildman–Crippen LogP) is 3.08. The molecule has 1 saturated heterocycles. The molecule has 2 aromatic carbocycles. The number of piperazine rings is 1. The zero-order valence-corrected chi connectivity index (χ0v) is 16.5. The smallest absolute Gasteiger partial charge is 0.148 e. The summed E-state index contributed by atoms with van der Waals surface area (Å²) in [5.74, 6) is -0.278. The van der Waals surface area contributed by atoms with Crippen LogP contribution in [0.15, 0.2) is 67.0 Å². The number of aliphatic hydroxyl groups excluding tert-OH is 1. The number of benzene rings is 2. The number of aromatic nitrogens is 2. The molecule has 152 valence electrons. The van der Waals surface area contributed by atoms with E-state index >= 15 is 0 Å². The molecule has 1 N–H and O–H groups in total. The third kappa shape index (κ3) is 4.90. The third-order valence-electron chi connectivity index (χ3n) is 5.52. The van der Waals surface area contributed by atoms with Gasteiger partial charge in [0.15, 0.2) is 0 Å². The van der Waals surface area contributed by atoms with Gasteiger partial charge in [-0.2, -0.15) is 5.10 Å². The number of hydrogen-bond donors (Lipinski definition) is 1. The molecular formula is C23H27FN4O. The van der Waals surface area contributed by atoms with E-state index in [1.165, 1.54) is 11.6 Å². The second kappa shape index (κ2) is 9.31. The normalized spacial score (nSPS) is 18.2. The molecule has 2 heterocycles. The lowest BCUT2D eigenvalue weighted by Gasteiger charge is -2.41. The summed E-state index contributed by atoms with van der Waals surface area (Å²) >= 11 is 0. The first-order valence-electron chi connectivity index (χ1n) is 10.1. The molecule has 0 bridgehead atoms. The van der Waals surface area contributed by atoms with Crippen LogP contribution in [-0.4, -0.2) is 57.0 Å². The maximum Gasteiger partial charge on any atom is 0.148 e. The maximum atomic E-state index is 14.0. The molecule has 0 radical (unpaired) electrons. The summed E-state index contributed by atoms with van der Waals surface area (Å²) in [6.45, 7) is 4.69. The molecule has 1 aliphatic heterocycles. The molecule has 6 heteroatoms. The first-order chi connectivity index (χ1) is 14.2. The van der Waals surface area contributed by atoms with E-state index < -0.39 is 0 Å². The van der Waals surface area contributed by atoms with Crippen LogP contribution < -0.4 is 0 Å². The van der Waals surface area contributed by atoms with Gasteiger partial charge in [-0.15, -0.1) is 0 Å². The van der Waals surface area contributed by atoms with Crippen LogP contribution in [0, 0.1) is 5.82 Å². The van der Waals surface area contributed by atoms with Gasteiger partial charge in [-0.3, -0.25) is 9.80 Å². The highest BCUT2D eigenvalue weighted by molar-refractivity contribution is 5.33. The average Bonchev–Trinajstić information content (AvgIpc) is 3.19. The van der Waals surface area contributed by atoms with Gasteiger partial charge in [0.25, 0.3) is 0 Å². The van der Waals surface area contributed by atoms with Crippen molar-refractivity contribution in [3.8, 4) is 5.69 Å². The Hall–Kier alpha value is -2.54. The van der Waals surface area contributed by atoms with Crippen LogP contribution in [0.5, 0.6) is 0 Å². The quantitative estimate of drug-likeness (QED) is 0.669. The highest BCUT2D eigenvalue weighted by Crippen LogP contribution is 2.19. The van der Waals surface area contributed by atoms with Crippen molar-refractivity contribution in [2.24, 2.45) is 0 Å². The predicted molar refractivity (Wildman–Crippen MR) is 111 cm³/mol. The van der Waals surface area contributed by atoms with Crippen molar-refractivity contribution in [3.05, 3.63) is 83.9 Å². The molecular weight excluding hydrogens is 367 g/mol. The van der Waals surface area contributed by atoms with Gasteiger partial charge in [0.2, 0.25) is 0 Å². The van der Waals surface area contributed by atoms with E-state index in [1.807, 2.05) is 24.5 Å². The first kappa shape index (κ1) is 19.8. The molecule has 0 saturated carbocycles. The Kier molecular flexibility index (Phi) is 6.34. The first-order valence-corrected chi connectivity index (χ1v) is 10.1. The maximum absolute atomic E-state index is 14.0. The summed E-state index contributed by atoms with van der Waals surface area (Å²) in [5, 5.41) is 13.9. The van der Waals surface area contributed by atoms with Crippen molar-refractivity contribution < 1.29 is 9.50 Å². The standard InChI is InChI=1S/C23H27FN4O/c24-22-8-4-5-9-23(22)28-17-20(14-25-28)15-26-11-12-27(21(18-26)10-13-29)16-19-6-2-1-3-7-19/h1-9,14,17,21,29H,10-13,15-16,18H2/t21-/m0/s1. The Morgan fingerprint density at radius 1 is 0.966 bits per heavy atom. The van der Waals surface area contributed by atoms with Crippen molar-refractivity contribution in [2.45, 2.75) is 25.6 Å². The van der Waals surface area contributed by atoms with E-state index in [2.05, 4.69) is 39.2 Å². The second-order valence-corrected chi connectivity index (χ2v) is 7.60. The van der Waals surface area contributed by atoms with Crippen LogP contribution in [0.4, 0.5) is 4.39 Å². The zero-order valence-electron chi connectivity index (χ0n) is 16.5. The van der Waals surface area contributed by atoms with Crippen molar-refractivity contribution in [1.82, 2.24) is 19.6 Å². The van der Waals surface area contributed by atoms with E-state index in [0.717, 1.165) is 44.7 Å². The molecule has 3 aromatic rings. The molecule has 5 nitrogen and oxygen atoms in total. The number of aliphatic hydroxyl groups is 1. The molecule has 1 aromatic heterocycles. The molecule has 0 unspecified atom stereocenters. The van der Waals surface area contributed by atoms with Crippen LogP contribution in [0.3, 0.4) is 0 Å². The monoisotopic (exact) mass is 394 g/mol. The van der Waals surface area contributed by atoms with Gasteiger partial charge in [0, 0.05) is 57.1 Å². The van der Waals surface area contributed by atoms with Gasteiger partial charge in [-0.25, -0.2) is 9.07 Å². The minimum absolute atomic E-state index is 0.189. The summed E-state index contributed by atoms with van der Waals surface area (Å²) in [6, 6.07) is 17.5. The SMILES string of the molecule is OCC[C@H]1CN(Cc2cnn(-c3ccccc3F)c2)CCN1Cc1ccccc1. The summed E-state index contributed by atoms with van der Waals surface area (Å²) in [7, 11) is 0. The van der Waals surface area contributed by atoms with Gasteiger partial charge in [-0.1, -0.05) is 42.5 Å². The fourth-order valence-electron chi connectivity index (χ4n) is 4.02. The highest BCUT2D eigenvalue weighted by atomic mass is 19.1. The van der Waals surface area contributed by atoms with Gasteiger partial charge >= 0.3 is 0 Å². The van der Waals surface area contributed by atoms with E-state index in [4.69, 9.17) is 0 Å². The number of para-hydroxylation sites is 1. The van der Waals surface area contributed by atoms with Crippen molar-refractivity contribution in [2.75, 3.05) is 26.2 Å². The average molecular weight is 394 g/mol. The number of hydrogen-bond acceptors (Lipinski definition) is 4. The van der Waals surface area contributed by atoms with Crippen LogP contribution in [0.1, 0.15) is 17.5 Å². The zero-order chi connectivity index (χ0) is 20.1. The van der Waals surface area contributed by atoms with Gasteiger partial charge in [-0.05, 0) is 24.1 Å². The Balaban J connectivity index is 1.40. The number of nitrogens with zero attached hydrogens (tertiary/aromatic N) is 4. The number of rotatable bonds is 7. The van der Waals surface area contributed by atoms with Crippen LogP contribution in [0.2, 0.25) is 0 Å². The van der Waals surface area contributed by atoms with Gasteiger partial charge in [0.05, 0.1) is 6.20 Å². The third-order valence-corrected chi connectivity index (χ3v) is 5.52. The molecule has 4 rings (SSSR count). The van der Waals surface area contributed by atoms with Crippen molar-refractivity contribution >= 4 is 0 Å².